The predicted octanol–water partition coefficient (Wildman–Crippen LogP) is 4.44. The molecule has 0 aliphatic carbocycles. The van der Waals surface area contributed by atoms with E-state index < -0.39 is 0 Å². The van der Waals surface area contributed by atoms with Gasteiger partial charge in [0.15, 0.2) is 0 Å². The number of aromatic nitrogens is 1. The summed E-state index contributed by atoms with van der Waals surface area (Å²) in [7, 11) is 0. The van der Waals surface area contributed by atoms with Gasteiger partial charge in [0, 0.05) is 44.2 Å². The molecular formula is C23H27N3O2. The summed E-state index contributed by atoms with van der Waals surface area (Å²) in [6, 6.07) is 12.0. The largest absolute Gasteiger partial charge is 0.460 e. The van der Waals surface area contributed by atoms with Crippen molar-refractivity contribution in [3.05, 3.63) is 59.5 Å². The molecule has 0 radical (unpaired) electrons. The first-order valence-electron chi connectivity index (χ1n) is 10.1. The summed E-state index contributed by atoms with van der Waals surface area (Å²) >= 11 is 0. The van der Waals surface area contributed by atoms with Crippen molar-refractivity contribution in [2.45, 2.75) is 33.1 Å². The van der Waals surface area contributed by atoms with Crippen LogP contribution < -0.4 is 4.90 Å². The molecule has 0 N–H and O–H groups in total. The molecule has 1 amide bonds. The Morgan fingerprint density at radius 3 is 2.68 bits per heavy atom. The number of pyridine rings is 1. The van der Waals surface area contributed by atoms with Crippen LogP contribution in [0.15, 0.2) is 47.0 Å². The number of piperazine rings is 1. The van der Waals surface area contributed by atoms with Gasteiger partial charge in [-0.3, -0.25) is 4.79 Å². The van der Waals surface area contributed by atoms with Crippen LogP contribution in [0.4, 0.5) is 5.82 Å². The minimum absolute atomic E-state index is 0.0907. The van der Waals surface area contributed by atoms with Crippen molar-refractivity contribution in [3.63, 3.8) is 0 Å². The van der Waals surface area contributed by atoms with Crippen molar-refractivity contribution in [1.82, 2.24) is 9.88 Å². The van der Waals surface area contributed by atoms with E-state index in [1.165, 1.54) is 5.56 Å². The van der Waals surface area contributed by atoms with E-state index in [4.69, 9.17) is 4.42 Å². The topological polar surface area (TPSA) is 49.6 Å². The number of unbranched alkanes of at least 4 members (excludes halogenated alkanes) is 1. The van der Waals surface area contributed by atoms with E-state index in [0.717, 1.165) is 60.5 Å². The average molecular weight is 377 g/mol. The molecule has 0 spiro atoms. The Morgan fingerprint density at radius 2 is 1.93 bits per heavy atom. The summed E-state index contributed by atoms with van der Waals surface area (Å²) in [6.45, 7) is 7.21. The molecule has 0 unspecified atom stereocenters. The Hall–Kier alpha value is -2.82. The van der Waals surface area contributed by atoms with Gasteiger partial charge in [0.25, 0.3) is 5.91 Å². The molecule has 0 atom stereocenters. The number of anilines is 1. The van der Waals surface area contributed by atoms with Crippen LogP contribution in [0.3, 0.4) is 0 Å². The Kier molecular flexibility index (Phi) is 5.33. The van der Waals surface area contributed by atoms with Crippen molar-refractivity contribution in [2.75, 3.05) is 31.1 Å². The summed E-state index contributed by atoms with van der Waals surface area (Å²) < 4.78 is 6.05. The van der Waals surface area contributed by atoms with E-state index >= 15 is 0 Å². The van der Waals surface area contributed by atoms with Crippen LogP contribution in [0.25, 0.3) is 11.0 Å². The highest BCUT2D eigenvalue weighted by Gasteiger charge is 2.28. The number of carbonyl (C=O) groups excluding carboxylic acids is 1. The number of hydrogen-bond acceptors (Lipinski definition) is 4. The highest BCUT2D eigenvalue weighted by atomic mass is 16.3. The van der Waals surface area contributed by atoms with Crippen molar-refractivity contribution in [1.29, 1.82) is 0 Å². The van der Waals surface area contributed by atoms with E-state index in [0.29, 0.717) is 13.1 Å². The van der Waals surface area contributed by atoms with Crippen LogP contribution in [0.2, 0.25) is 0 Å². The smallest absolute Gasteiger partial charge is 0.258 e. The lowest BCUT2D eigenvalue weighted by atomic mass is 10.1. The number of hydrogen-bond donors (Lipinski definition) is 0. The van der Waals surface area contributed by atoms with Gasteiger partial charge in [-0.15, -0.1) is 0 Å². The van der Waals surface area contributed by atoms with E-state index in [-0.39, 0.29) is 5.91 Å². The number of rotatable bonds is 5. The highest BCUT2D eigenvalue weighted by molar-refractivity contribution is 6.07. The molecule has 3 aromatic rings. The molecule has 1 aliphatic rings. The molecule has 5 heteroatoms. The number of carbonyl (C=O) groups is 1. The fourth-order valence-electron chi connectivity index (χ4n) is 3.83. The lowest BCUT2D eigenvalue weighted by molar-refractivity contribution is 0.0746. The van der Waals surface area contributed by atoms with Crippen molar-refractivity contribution in [2.24, 2.45) is 0 Å². The van der Waals surface area contributed by atoms with Gasteiger partial charge in [-0.25, -0.2) is 4.98 Å². The maximum absolute atomic E-state index is 13.4. The predicted molar refractivity (Wildman–Crippen MR) is 112 cm³/mol. The number of nitrogens with zero attached hydrogens (tertiary/aromatic N) is 3. The molecule has 1 fully saturated rings. The Labute approximate surface area is 166 Å². The molecule has 5 nitrogen and oxygen atoms in total. The third-order valence-electron chi connectivity index (χ3n) is 5.43. The quantitative estimate of drug-likeness (QED) is 0.659. The zero-order valence-electron chi connectivity index (χ0n) is 16.6. The van der Waals surface area contributed by atoms with Gasteiger partial charge in [-0.2, -0.15) is 0 Å². The first-order valence-corrected chi connectivity index (χ1v) is 10.1. The van der Waals surface area contributed by atoms with E-state index in [1.807, 2.05) is 41.4 Å². The number of furan rings is 1. The maximum atomic E-state index is 13.4. The maximum Gasteiger partial charge on any atom is 0.258 e. The van der Waals surface area contributed by atoms with Crippen molar-refractivity contribution in [3.8, 4) is 0 Å². The first-order chi connectivity index (χ1) is 13.7. The Morgan fingerprint density at radius 1 is 1.14 bits per heavy atom. The summed E-state index contributed by atoms with van der Waals surface area (Å²) in [5.41, 5.74) is 2.76. The third-order valence-corrected chi connectivity index (χ3v) is 5.43. The SMILES string of the molecule is CCCCc1oc2ccccc2c1C(=O)N1CCN(c2cc(C)ccn2)CC1. The van der Waals surface area contributed by atoms with Crippen LogP contribution >= 0.6 is 0 Å². The summed E-state index contributed by atoms with van der Waals surface area (Å²) in [4.78, 5) is 22.1. The average Bonchev–Trinajstić information content (AvgIpc) is 3.10. The van der Waals surface area contributed by atoms with Crippen LogP contribution in [0.5, 0.6) is 0 Å². The second-order valence-electron chi connectivity index (χ2n) is 7.47. The molecule has 146 valence electrons. The zero-order valence-corrected chi connectivity index (χ0v) is 16.6. The molecular weight excluding hydrogens is 350 g/mol. The zero-order chi connectivity index (χ0) is 19.5. The van der Waals surface area contributed by atoms with E-state index in [9.17, 15) is 4.79 Å². The highest BCUT2D eigenvalue weighted by Crippen LogP contribution is 2.29. The molecule has 1 aromatic carbocycles. The minimum Gasteiger partial charge on any atom is -0.460 e. The monoisotopic (exact) mass is 377 g/mol. The lowest BCUT2D eigenvalue weighted by Crippen LogP contribution is -2.49. The normalized spacial score (nSPS) is 14.6. The summed E-state index contributed by atoms with van der Waals surface area (Å²) in [5.74, 6) is 1.91. The third kappa shape index (κ3) is 3.61. The molecule has 1 saturated heterocycles. The van der Waals surface area contributed by atoms with Gasteiger partial charge in [-0.05, 0) is 37.1 Å². The number of benzene rings is 1. The fourth-order valence-corrected chi connectivity index (χ4v) is 3.83. The van der Waals surface area contributed by atoms with Gasteiger partial charge in [0.1, 0.15) is 17.2 Å². The molecule has 0 saturated carbocycles. The molecule has 0 bridgehead atoms. The van der Waals surface area contributed by atoms with Crippen LogP contribution in [0.1, 0.15) is 41.4 Å². The second kappa shape index (κ2) is 8.05. The summed E-state index contributed by atoms with van der Waals surface area (Å²) in [5, 5.41) is 0.932. The van der Waals surface area contributed by atoms with Crippen LogP contribution in [-0.4, -0.2) is 42.0 Å². The van der Waals surface area contributed by atoms with Crippen molar-refractivity contribution < 1.29 is 9.21 Å². The van der Waals surface area contributed by atoms with Gasteiger partial charge in [0.05, 0.1) is 5.56 Å². The van der Waals surface area contributed by atoms with Crippen molar-refractivity contribution >= 4 is 22.7 Å². The number of para-hydroxylation sites is 1. The number of fused-ring (bicyclic) bond motifs is 1. The van der Waals surface area contributed by atoms with Crippen LogP contribution in [0, 0.1) is 6.92 Å². The molecule has 2 aromatic heterocycles. The van der Waals surface area contributed by atoms with Gasteiger partial charge >= 0.3 is 0 Å². The van der Waals surface area contributed by atoms with Gasteiger partial charge in [0.2, 0.25) is 0 Å². The first kappa shape index (κ1) is 18.5. The Balaban J connectivity index is 1.54. The second-order valence-corrected chi connectivity index (χ2v) is 7.47. The molecule has 3 heterocycles. The standard InChI is InChI=1S/C23H27N3O2/c1-3-4-8-20-22(18-7-5-6-9-19(18)28-20)23(27)26-14-12-25(13-15-26)21-16-17(2)10-11-24-21/h5-7,9-11,16H,3-4,8,12-15H2,1-2H3. The lowest BCUT2D eigenvalue weighted by Gasteiger charge is -2.35. The fraction of sp³-hybridized carbons (Fsp3) is 0.391. The number of aryl methyl sites for hydroxylation is 2. The van der Waals surface area contributed by atoms with E-state index in [1.54, 1.807) is 0 Å². The summed E-state index contributed by atoms with van der Waals surface area (Å²) in [6.07, 6.45) is 4.75. The minimum atomic E-state index is 0.0907. The van der Waals surface area contributed by atoms with Gasteiger partial charge in [-0.1, -0.05) is 31.5 Å². The Bertz CT molecular complexity index is 971. The molecule has 28 heavy (non-hydrogen) atoms. The van der Waals surface area contributed by atoms with Crippen LogP contribution in [-0.2, 0) is 6.42 Å². The number of amides is 1. The molecule has 4 rings (SSSR count). The molecule has 1 aliphatic heterocycles. The van der Waals surface area contributed by atoms with E-state index in [2.05, 4.69) is 29.8 Å². The van der Waals surface area contributed by atoms with Gasteiger partial charge < -0.3 is 14.2 Å².